The Bertz CT molecular complexity index is 1470. The minimum absolute atomic E-state index is 0.00382. The van der Waals surface area contributed by atoms with Crippen molar-refractivity contribution in [1.29, 1.82) is 0 Å². The van der Waals surface area contributed by atoms with E-state index in [2.05, 4.69) is 4.98 Å². The van der Waals surface area contributed by atoms with Crippen LogP contribution in [0.15, 0.2) is 71.8 Å². The van der Waals surface area contributed by atoms with Crippen LogP contribution >= 0.6 is 11.6 Å². The second kappa shape index (κ2) is 11.9. The fourth-order valence-corrected chi connectivity index (χ4v) is 4.38. The Labute approximate surface area is 229 Å². The quantitative estimate of drug-likeness (QED) is 0.237. The number of rotatable bonds is 9. The first-order valence-electron chi connectivity index (χ1n) is 11.7. The average Bonchev–Trinajstić information content (AvgIpc) is 2.93. The van der Waals surface area contributed by atoms with Crippen LogP contribution in [0.1, 0.15) is 21.5 Å². The second-order valence-corrected chi connectivity index (χ2v) is 8.89. The second-order valence-electron chi connectivity index (χ2n) is 8.49. The Morgan fingerprint density at radius 3 is 1.97 bits per heavy atom. The molecule has 0 unspecified atom stereocenters. The monoisotopic (exact) mass is 552 g/mol. The molecule has 0 saturated carbocycles. The zero-order valence-electron chi connectivity index (χ0n) is 21.5. The molecule has 0 bridgehead atoms. The van der Waals surface area contributed by atoms with E-state index in [9.17, 15) is 14.0 Å². The van der Waals surface area contributed by atoms with E-state index in [4.69, 9.17) is 31.5 Å². The predicted molar refractivity (Wildman–Crippen MR) is 146 cm³/mol. The number of hydrogen-bond acceptors (Lipinski definition) is 8. The molecule has 0 saturated heterocycles. The number of esters is 1. The molecule has 11 heteroatoms. The van der Waals surface area contributed by atoms with Crippen LogP contribution in [-0.2, 0) is 17.8 Å². The number of nitrogen functional groups attached to an aromatic ring is 1. The van der Waals surface area contributed by atoms with Gasteiger partial charge in [0.25, 0.3) is 5.56 Å². The molecule has 0 radical (unpaired) electrons. The maximum atomic E-state index is 13.8. The van der Waals surface area contributed by atoms with E-state index in [1.54, 1.807) is 19.1 Å². The molecule has 0 aliphatic rings. The van der Waals surface area contributed by atoms with Crippen LogP contribution in [0.5, 0.6) is 11.5 Å². The van der Waals surface area contributed by atoms with Crippen LogP contribution in [0, 0.1) is 5.82 Å². The van der Waals surface area contributed by atoms with Gasteiger partial charge in [-0.25, -0.2) is 14.2 Å². The molecule has 0 amide bonds. The summed E-state index contributed by atoms with van der Waals surface area (Å²) in [6.45, 7) is 0.575. The molecule has 0 atom stereocenters. The molecule has 0 fully saturated rings. The molecule has 4 aromatic rings. The highest BCUT2D eigenvalue weighted by molar-refractivity contribution is 6.33. The first-order valence-corrected chi connectivity index (χ1v) is 12.1. The zero-order valence-corrected chi connectivity index (χ0v) is 22.2. The predicted octanol–water partition coefficient (Wildman–Crippen LogP) is 4.62. The van der Waals surface area contributed by atoms with Crippen molar-refractivity contribution in [3.63, 3.8) is 0 Å². The van der Waals surface area contributed by atoms with E-state index in [-0.39, 0.29) is 40.9 Å². The third-order valence-electron chi connectivity index (χ3n) is 6.00. The number of anilines is 2. The molecule has 4 rings (SSSR count). The smallest absolute Gasteiger partial charge is 0.347 e. The van der Waals surface area contributed by atoms with Crippen LogP contribution in [0.4, 0.5) is 15.9 Å². The Morgan fingerprint density at radius 1 is 0.974 bits per heavy atom. The average molecular weight is 553 g/mol. The molecule has 9 nitrogen and oxygen atoms in total. The van der Waals surface area contributed by atoms with E-state index in [0.717, 1.165) is 27.8 Å². The summed E-state index contributed by atoms with van der Waals surface area (Å²) in [5, 5.41) is -0.117. The van der Waals surface area contributed by atoms with Crippen LogP contribution in [-0.4, -0.2) is 36.8 Å². The van der Waals surface area contributed by atoms with Gasteiger partial charge in [-0.15, -0.1) is 0 Å². The minimum Gasteiger partial charge on any atom is -0.497 e. The Morgan fingerprint density at radius 2 is 1.51 bits per heavy atom. The van der Waals surface area contributed by atoms with Gasteiger partial charge in [0, 0.05) is 13.1 Å². The summed E-state index contributed by atoms with van der Waals surface area (Å²) < 4.78 is 30.3. The van der Waals surface area contributed by atoms with Gasteiger partial charge in [-0.05, 0) is 47.5 Å². The summed E-state index contributed by atoms with van der Waals surface area (Å²) in [6, 6.07) is 16.8. The van der Waals surface area contributed by atoms with Gasteiger partial charge in [-0.2, -0.15) is 0 Å². The molecule has 1 heterocycles. The van der Waals surface area contributed by atoms with E-state index < -0.39 is 17.3 Å². The summed E-state index contributed by atoms with van der Waals surface area (Å²) >= 11 is 6.22. The van der Waals surface area contributed by atoms with E-state index >= 15 is 0 Å². The van der Waals surface area contributed by atoms with Crippen molar-refractivity contribution in [3.8, 4) is 17.2 Å². The standard InChI is InChI=1S/C28H26ClFN4O5/c1-37-20-8-4-17(5-9-20)14-33(15-18-6-10-21(38-2)11-7-18)26-24(28(36)39-3)27(35)34(16-32-26)25-22(29)12-19(30)13-23(25)31/h4-13,16H,14-15,31H2,1-3H3. The van der Waals surface area contributed by atoms with Gasteiger partial charge in [0.15, 0.2) is 11.4 Å². The lowest BCUT2D eigenvalue weighted by atomic mass is 10.1. The molecular formula is C28H26ClFN4O5. The summed E-state index contributed by atoms with van der Waals surface area (Å²) in [7, 11) is 4.32. The Kier molecular flexibility index (Phi) is 8.36. The number of halogens is 2. The van der Waals surface area contributed by atoms with Crippen molar-refractivity contribution in [2.45, 2.75) is 13.1 Å². The van der Waals surface area contributed by atoms with Gasteiger partial charge in [0.2, 0.25) is 0 Å². The van der Waals surface area contributed by atoms with Crippen molar-refractivity contribution in [3.05, 3.63) is 105 Å². The van der Waals surface area contributed by atoms with Gasteiger partial charge < -0.3 is 24.8 Å². The molecule has 0 aliphatic carbocycles. The van der Waals surface area contributed by atoms with Crippen molar-refractivity contribution in [2.24, 2.45) is 0 Å². The maximum Gasteiger partial charge on any atom is 0.347 e. The lowest BCUT2D eigenvalue weighted by molar-refractivity contribution is 0.0598. The molecule has 39 heavy (non-hydrogen) atoms. The number of benzene rings is 3. The molecule has 3 aromatic carbocycles. The van der Waals surface area contributed by atoms with Crippen molar-refractivity contribution < 1.29 is 23.4 Å². The number of aromatic nitrogens is 2. The van der Waals surface area contributed by atoms with Gasteiger partial charge in [0.05, 0.1) is 37.7 Å². The molecule has 1 aromatic heterocycles. The third kappa shape index (κ3) is 5.96. The van der Waals surface area contributed by atoms with Crippen molar-refractivity contribution in [2.75, 3.05) is 32.0 Å². The highest BCUT2D eigenvalue weighted by Crippen LogP contribution is 2.29. The normalized spacial score (nSPS) is 10.7. The lowest BCUT2D eigenvalue weighted by Gasteiger charge is -2.26. The third-order valence-corrected chi connectivity index (χ3v) is 6.29. The van der Waals surface area contributed by atoms with Crippen LogP contribution < -0.4 is 25.7 Å². The highest BCUT2D eigenvalue weighted by atomic mass is 35.5. The summed E-state index contributed by atoms with van der Waals surface area (Å²) in [5.41, 5.74) is 6.52. The van der Waals surface area contributed by atoms with E-state index in [1.165, 1.54) is 13.4 Å². The fourth-order valence-electron chi connectivity index (χ4n) is 4.07. The van der Waals surface area contributed by atoms with Gasteiger partial charge >= 0.3 is 5.97 Å². The first-order chi connectivity index (χ1) is 18.7. The summed E-state index contributed by atoms with van der Waals surface area (Å²) in [4.78, 5) is 32.9. The number of carbonyl (C=O) groups excluding carboxylic acids is 1. The Balaban J connectivity index is 1.86. The Hall–Kier alpha value is -4.57. The van der Waals surface area contributed by atoms with Crippen LogP contribution in [0.2, 0.25) is 5.02 Å². The zero-order chi connectivity index (χ0) is 28.1. The number of methoxy groups -OCH3 is 3. The van der Waals surface area contributed by atoms with Crippen LogP contribution in [0.3, 0.4) is 0 Å². The molecule has 0 spiro atoms. The van der Waals surface area contributed by atoms with E-state index in [1.807, 2.05) is 48.5 Å². The number of nitrogens with two attached hydrogens (primary N) is 1. The van der Waals surface area contributed by atoms with E-state index in [0.29, 0.717) is 11.5 Å². The molecule has 0 aliphatic heterocycles. The minimum atomic E-state index is -0.900. The largest absolute Gasteiger partial charge is 0.497 e. The number of ether oxygens (including phenoxy) is 3. The SMILES string of the molecule is COC(=O)c1c(N(Cc2ccc(OC)cc2)Cc2ccc(OC)cc2)ncn(-c2c(N)cc(F)cc2Cl)c1=O. The fraction of sp³-hybridized carbons (Fsp3) is 0.179. The molecule has 2 N–H and O–H groups in total. The van der Waals surface area contributed by atoms with Crippen molar-refractivity contribution >= 4 is 29.1 Å². The molecule has 202 valence electrons. The van der Waals surface area contributed by atoms with Gasteiger partial charge in [-0.1, -0.05) is 35.9 Å². The topological polar surface area (TPSA) is 109 Å². The van der Waals surface area contributed by atoms with Crippen LogP contribution in [0.25, 0.3) is 5.69 Å². The lowest BCUT2D eigenvalue weighted by Crippen LogP contribution is -2.33. The maximum absolute atomic E-state index is 13.8. The summed E-state index contributed by atoms with van der Waals surface area (Å²) in [5.74, 6) is -0.109. The van der Waals surface area contributed by atoms with Gasteiger partial charge in [-0.3, -0.25) is 9.36 Å². The number of carbonyl (C=O) groups is 1. The number of nitrogens with zero attached hydrogens (tertiary/aromatic N) is 3. The summed E-state index contributed by atoms with van der Waals surface area (Å²) in [6.07, 6.45) is 1.20. The molecular weight excluding hydrogens is 527 g/mol. The number of hydrogen-bond donors (Lipinski definition) is 1. The first kappa shape index (κ1) is 27.5. The van der Waals surface area contributed by atoms with Crippen molar-refractivity contribution in [1.82, 2.24) is 9.55 Å². The highest BCUT2D eigenvalue weighted by Gasteiger charge is 2.26. The van der Waals surface area contributed by atoms with Gasteiger partial charge in [0.1, 0.15) is 23.6 Å².